The molecule has 0 unspecified atom stereocenters. The first-order valence-electron chi connectivity index (χ1n) is 6.88. The highest BCUT2D eigenvalue weighted by atomic mass is 16.5. The first kappa shape index (κ1) is 16.2. The van der Waals surface area contributed by atoms with E-state index in [1.807, 2.05) is 38.1 Å². The van der Waals surface area contributed by atoms with Gasteiger partial charge in [-0.2, -0.15) is 0 Å². The van der Waals surface area contributed by atoms with E-state index < -0.39 is 0 Å². The van der Waals surface area contributed by atoms with Crippen LogP contribution in [0.1, 0.15) is 18.9 Å². The molecule has 3 N–H and O–H groups in total. The van der Waals surface area contributed by atoms with Crippen molar-refractivity contribution in [3.05, 3.63) is 23.9 Å². The predicted molar refractivity (Wildman–Crippen MR) is 83.0 cm³/mol. The van der Waals surface area contributed by atoms with Crippen molar-refractivity contribution in [2.24, 2.45) is 10.7 Å². The van der Waals surface area contributed by atoms with Gasteiger partial charge in [0.2, 0.25) is 0 Å². The van der Waals surface area contributed by atoms with E-state index in [0.29, 0.717) is 12.5 Å². The average Bonchev–Trinajstić information content (AvgIpc) is 2.45. The molecule has 0 aliphatic carbocycles. The molecule has 20 heavy (non-hydrogen) atoms. The molecule has 1 aromatic heterocycles. The van der Waals surface area contributed by atoms with E-state index >= 15 is 0 Å². The lowest BCUT2D eigenvalue weighted by Gasteiger charge is -2.14. The van der Waals surface area contributed by atoms with Gasteiger partial charge in [-0.25, -0.2) is 9.98 Å². The number of anilines is 1. The second kappa shape index (κ2) is 9.14. The highest BCUT2D eigenvalue weighted by Gasteiger charge is 2.04. The van der Waals surface area contributed by atoms with Crippen LogP contribution in [0.4, 0.5) is 5.82 Å². The highest BCUT2D eigenvalue weighted by molar-refractivity contribution is 5.77. The maximum absolute atomic E-state index is 5.83. The zero-order valence-corrected chi connectivity index (χ0v) is 12.6. The summed E-state index contributed by atoms with van der Waals surface area (Å²) in [5.74, 6) is 1.37. The Hall–Kier alpha value is -1.82. The molecule has 0 saturated heterocycles. The molecule has 0 bridgehead atoms. The van der Waals surface area contributed by atoms with Crippen LogP contribution in [0.3, 0.4) is 0 Å². The molecule has 112 valence electrons. The van der Waals surface area contributed by atoms with Gasteiger partial charge in [-0.05, 0) is 19.4 Å². The third-order valence-corrected chi connectivity index (χ3v) is 2.69. The molecule has 0 radical (unpaired) electrons. The zero-order chi connectivity index (χ0) is 14.8. The van der Waals surface area contributed by atoms with E-state index in [4.69, 9.17) is 10.5 Å². The molecule has 0 aliphatic rings. The van der Waals surface area contributed by atoms with Gasteiger partial charge >= 0.3 is 0 Å². The molecule has 0 atom stereocenters. The fourth-order valence-corrected chi connectivity index (χ4v) is 1.72. The van der Waals surface area contributed by atoms with E-state index in [1.165, 1.54) is 0 Å². The van der Waals surface area contributed by atoms with Crippen molar-refractivity contribution in [1.82, 2.24) is 10.3 Å². The second-order valence-electron chi connectivity index (χ2n) is 4.56. The quantitative estimate of drug-likeness (QED) is 0.421. The molecule has 0 amide bonds. The van der Waals surface area contributed by atoms with Gasteiger partial charge in [0, 0.05) is 45.6 Å². The highest BCUT2D eigenvalue weighted by Crippen LogP contribution is 2.14. The number of guanidine groups is 1. The van der Waals surface area contributed by atoms with Crippen molar-refractivity contribution in [2.75, 3.05) is 38.8 Å². The molecular weight excluding hydrogens is 254 g/mol. The van der Waals surface area contributed by atoms with Gasteiger partial charge in [0.1, 0.15) is 5.82 Å². The number of aromatic nitrogens is 1. The van der Waals surface area contributed by atoms with Crippen LogP contribution in [0.5, 0.6) is 0 Å². The summed E-state index contributed by atoms with van der Waals surface area (Å²) in [6.45, 7) is 4.76. The van der Waals surface area contributed by atoms with Crippen LogP contribution in [0, 0.1) is 0 Å². The van der Waals surface area contributed by atoms with Crippen LogP contribution in [0.25, 0.3) is 0 Å². The number of pyridine rings is 1. The second-order valence-corrected chi connectivity index (χ2v) is 4.56. The molecular formula is C14H25N5O. The molecule has 1 rings (SSSR count). The smallest absolute Gasteiger partial charge is 0.188 e. The topological polar surface area (TPSA) is 75.8 Å². The average molecular weight is 279 g/mol. The molecule has 6 nitrogen and oxygen atoms in total. The van der Waals surface area contributed by atoms with Crippen molar-refractivity contribution in [2.45, 2.75) is 19.9 Å². The van der Waals surface area contributed by atoms with Crippen molar-refractivity contribution in [3.8, 4) is 0 Å². The summed E-state index contributed by atoms with van der Waals surface area (Å²) >= 11 is 0. The molecule has 0 fully saturated rings. The number of hydrogen-bond donors (Lipinski definition) is 2. The van der Waals surface area contributed by atoms with Gasteiger partial charge in [0.15, 0.2) is 5.96 Å². The minimum atomic E-state index is 0.454. The third kappa shape index (κ3) is 5.88. The van der Waals surface area contributed by atoms with E-state index in [-0.39, 0.29) is 0 Å². The predicted octanol–water partition coefficient (Wildman–Crippen LogP) is 0.979. The summed E-state index contributed by atoms with van der Waals surface area (Å²) in [4.78, 5) is 10.6. The molecule has 0 aliphatic heterocycles. The van der Waals surface area contributed by atoms with Crippen LogP contribution >= 0.6 is 0 Å². The summed E-state index contributed by atoms with van der Waals surface area (Å²) in [5.41, 5.74) is 6.88. The van der Waals surface area contributed by atoms with Crippen LogP contribution < -0.4 is 16.0 Å². The summed E-state index contributed by atoms with van der Waals surface area (Å²) in [6.07, 6.45) is 2.69. The summed E-state index contributed by atoms with van der Waals surface area (Å²) in [5, 5.41) is 3.07. The Kier molecular flexibility index (Phi) is 7.42. The summed E-state index contributed by atoms with van der Waals surface area (Å²) in [7, 11) is 3.93. The van der Waals surface area contributed by atoms with Gasteiger partial charge in [0.05, 0.1) is 6.54 Å². The molecule has 0 saturated carbocycles. The Bertz CT molecular complexity index is 420. The summed E-state index contributed by atoms with van der Waals surface area (Å²) < 4.78 is 5.25. The maximum atomic E-state index is 5.83. The molecule has 0 spiro atoms. The summed E-state index contributed by atoms with van der Waals surface area (Å²) in [6, 6.07) is 3.91. The van der Waals surface area contributed by atoms with Crippen molar-refractivity contribution >= 4 is 11.8 Å². The van der Waals surface area contributed by atoms with Crippen molar-refractivity contribution < 1.29 is 4.74 Å². The largest absolute Gasteiger partial charge is 0.382 e. The van der Waals surface area contributed by atoms with E-state index in [9.17, 15) is 0 Å². The lowest BCUT2D eigenvalue weighted by molar-refractivity contribution is 0.145. The number of nitrogens with two attached hydrogens (primary N) is 1. The minimum absolute atomic E-state index is 0.454. The molecule has 6 heteroatoms. The van der Waals surface area contributed by atoms with Crippen molar-refractivity contribution in [1.29, 1.82) is 0 Å². The number of nitrogens with zero attached hydrogens (tertiary/aromatic N) is 3. The Morgan fingerprint density at radius 1 is 1.50 bits per heavy atom. The normalized spacial score (nSPS) is 11.4. The van der Waals surface area contributed by atoms with Gasteiger partial charge in [0.25, 0.3) is 0 Å². The minimum Gasteiger partial charge on any atom is -0.382 e. The van der Waals surface area contributed by atoms with E-state index in [2.05, 4.69) is 15.3 Å². The number of rotatable bonds is 8. The van der Waals surface area contributed by atoms with Crippen LogP contribution in [0.2, 0.25) is 0 Å². The number of ether oxygens (including phenoxy) is 1. The number of hydrogen-bond acceptors (Lipinski definition) is 4. The Morgan fingerprint density at radius 3 is 3.00 bits per heavy atom. The zero-order valence-electron chi connectivity index (χ0n) is 12.6. The van der Waals surface area contributed by atoms with Gasteiger partial charge in [-0.15, -0.1) is 0 Å². The molecule has 1 heterocycles. The monoisotopic (exact) mass is 279 g/mol. The number of nitrogens with one attached hydrogen (secondary N) is 1. The van der Waals surface area contributed by atoms with Crippen LogP contribution in [-0.4, -0.2) is 44.8 Å². The van der Waals surface area contributed by atoms with E-state index in [0.717, 1.165) is 37.6 Å². The fraction of sp³-hybridized carbons (Fsp3) is 0.571. The fourth-order valence-electron chi connectivity index (χ4n) is 1.72. The molecule has 0 aromatic carbocycles. The first-order chi connectivity index (χ1) is 9.65. The van der Waals surface area contributed by atoms with Crippen LogP contribution in [0.15, 0.2) is 23.3 Å². The Balaban J connectivity index is 2.42. The SMILES string of the molecule is CCOCCCNC(N)=NCc1cccnc1N(C)C. The van der Waals surface area contributed by atoms with Crippen LogP contribution in [-0.2, 0) is 11.3 Å². The van der Waals surface area contributed by atoms with Gasteiger partial charge in [-0.3, -0.25) is 0 Å². The first-order valence-corrected chi connectivity index (χ1v) is 6.88. The van der Waals surface area contributed by atoms with E-state index in [1.54, 1.807) is 6.20 Å². The van der Waals surface area contributed by atoms with Gasteiger partial charge in [-0.1, -0.05) is 6.07 Å². The molecule has 1 aromatic rings. The lowest BCUT2D eigenvalue weighted by atomic mass is 10.2. The van der Waals surface area contributed by atoms with Crippen molar-refractivity contribution in [3.63, 3.8) is 0 Å². The third-order valence-electron chi connectivity index (χ3n) is 2.69. The standard InChI is InChI=1S/C14H25N5O/c1-4-20-10-6-9-17-14(15)18-11-12-7-5-8-16-13(12)19(2)3/h5,7-8H,4,6,9-11H2,1-3H3,(H3,15,17,18). The van der Waals surface area contributed by atoms with Gasteiger partial charge < -0.3 is 20.7 Å². The number of aliphatic imine (C=N–C) groups is 1. The Morgan fingerprint density at radius 2 is 2.30 bits per heavy atom. The maximum Gasteiger partial charge on any atom is 0.188 e. The Labute approximate surface area is 121 Å². The lowest BCUT2D eigenvalue weighted by Crippen LogP contribution is -2.32.